The van der Waals surface area contributed by atoms with E-state index in [9.17, 15) is 19.2 Å². The molecular formula is C19H17ClN2O5. The number of H-pyrrole nitrogens is 1. The standard InChI is InChI=1S/C19H17ClN2O5/c1-19(2)7-14-11(15(23)8-19)6-12(17(25)22-14)16(24)21-9-3-4-10(18(26)27)13(20)5-9/h3-6H,7-8H2,1-2H3,(H,21,24)(H,22,25)(H,26,27). The monoisotopic (exact) mass is 388 g/mol. The normalized spacial score (nSPS) is 15.1. The van der Waals surface area contributed by atoms with E-state index in [0.29, 0.717) is 24.1 Å². The van der Waals surface area contributed by atoms with Gasteiger partial charge in [-0.15, -0.1) is 0 Å². The van der Waals surface area contributed by atoms with E-state index in [1.807, 2.05) is 13.8 Å². The quantitative estimate of drug-likeness (QED) is 0.746. The number of carboxylic acid groups (broad SMARTS) is 1. The molecule has 27 heavy (non-hydrogen) atoms. The fourth-order valence-electron chi connectivity index (χ4n) is 3.16. The Morgan fingerprint density at radius 2 is 1.85 bits per heavy atom. The third-order valence-corrected chi connectivity index (χ3v) is 4.73. The van der Waals surface area contributed by atoms with Crippen molar-refractivity contribution in [2.75, 3.05) is 5.32 Å². The van der Waals surface area contributed by atoms with Gasteiger partial charge in [0.2, 0.25) is 0 Å². The molecule has 3 N–H and O–H groups in total. The number of pyridine rings is 1. The maximum atomic E-state index is 12.5. The lowest BCUT2D eigenvalue weighted by molar-refractivity contribution is 0.0696. The van der Waals surface area contributed by atoms with Crippen molar-refractivity contribution in [2.45, 2.75) is 26.7 Å². The molecule has 0 atom stereocenters. The molecule has 0 aliphatic heterocycles. The van der Waals surface area contributed by atoms with Gasteiger partial charge in [-0.25, -0.2) is 4.79 Å². The van der Waals surface area contributed by atoms with Gasteiger partial charge in [-0.05, 0) is 36.1 Å². The Labute approximate surface area is 159 Å². The summed E-state index contributed by atoms with van der Waals surface area (Å²) in [6.07, 6.45) is 0.872. The van der Waals surface area contributed by atoms with E-state index in [0.717, 1.165) is 0 Å². The van der Waals surface area contributed by atoms with Gasteiger partial charge in [0.05, 0.1) is 10.6 Å². The Morgan fingerprint density at radius 3 is 2.48 bits per heavy atom. The molecule has 8 heteroatoms. The maximum absolute atomic E-state index is 12.5. The largest absolute Gasteiger partial charge is 0.478 e. The van der Waals surface area contributed by atoms with Crippen LogP contribution < -0.4 is 10.9 Å². The number of amides is 1. The number of benzene rings is 1. The van der Waals surface area contributed by atoms with Gasteiger partial charge in [-0.1, -0.05) is 25.4 Å². The molecule has 140 valence electrons. The van der Waals surface area contributed by atoms with E-state index in [2.05, 4.69) is 10.3 Å². The SMILES string of the molecule is CC1(C)CC(=O)c2cc(C(=O)Nc3ccc(C(=O)O)c(Cl)c3)c(=O)[nH]c2C1. The summed E-state index contributed by atoms with van der Waals surface area (Å²) in [7, 11) is 0. The average molecular weight is 389 g/mol. The number of rotatable bonds is 3. The van der Waals surface area contributed by atoms with Gasteiger partial charge in [0.15, 0.2) is 5.78 Å². The number of hydrogen-bond donors (Lipinski definition) is 3. The number of aromatic carboxylic acids is 1. The molecule has 1 aliphatic carbocycles. The van der Waals surface area contributed by atoms with Crippen LogP contribution in [-0.4, -0.2) is 27.8 Å². The van der Waals surface area contributed by atoms with Gasteiger partial charge in [0, 0.05) is 23.4 Å². The minimum Gasteiger partial charge on any atom is -0.478 e. The Bertz CT molecular complexity index is 1040. The highest BCUT2D eigenvalue weighted by molar-refractivity contribution is 6.33. The van der Waals surface area contributed by atoms with Crippen molar-refractivity contribution >= 4 is 34.9 Å². The van der Waals surface area contributed by atoms with Gasteiger partial charge >= 0.3 is 5.97 Å². The lowest BCUT2D eigenvalue weighted by Crippen LogP contribution is -2.32. The van der Waals surface area contributed by atoms with Crippen molar-refractivity contribution in [1.82, 2.24) is 4.98 Å². The second kappa shape index (κ2) is 6.66. The molecule has 0 spiro atoms. The Morgan fingerprint density at radius 1 is 1.15 bits per heavy atom. The summed E-state index contributed by atoms with van der Waals surface area (Å²) in [5.41, 5.74) is -0.0243. The second-order valence-electron chi connectivity index (χ2n) is 7.30. The lowest BCUT2D eigenvalue weighted by atomic mass is 9.75. The van der Waals surface area contributed by atoms with E-state index in [1.165, 1.54) is 24.3 Å². The van der Waals surface area contributed by atoms with Crippen LogP contribution >= 0.6 is 11.6 Å². The van der Waals surface area contributed by atoms with Crippen LogP contribution in [0.3, 0.4) is 0 Å². The van der Waals surface area contributed by atoms with Crippen molar-refractivity contribution < 1.29 is 19.5 Å². The highest BCUT2D eigenvalue weighted by Gasteiger charge is 2.32. The van der Waals surface area contributed by atoms with Crippen LogP contribution in [-0.2, 0) is 6.42 Å². The van der Waals surface area contributed by atoms with Gasteiger partial charge in [0.1, 0.15) is 5.56 Å². The molecule has 0 fully saturated rings. The van der Waals surface area contributed by atoms with E-state index >= 15 is 0 Å². The van der Waals surface area contributed by atoms with Crippen LogP contribution in [0.1, 0.15) is 57.0 Å². The van der Waals surface area contributed by atoms with Crippen molar-refractivity contribution in [3.8, 4) is 0 Å². The molecule has 0 unspecified atom stereocenters. The first-order valence-electron chi connectivity index (χ1n) is 8.21. The summed E-state index contributed by atoms with van der Waals surface area (Å²) in [5.74, 6) is -2.03. The Hall–Kier alpha value is -2.93. The van der Waals surface area contributed by atoms with E-state index in [1.54, 1.807) is 0 Å². The van der Waals surface area contributed by atoms with Crippen molar-refractivity contribution in [2.24, 2.45) is 5.41 Å². The van der Waals surface area contributed by atoms with Crippen LogP contribution in [0.15, 0.2) is 29.1 Å². The first kappa shape index (κ1) is 18.8. The zero-order valence-corrected chi connectivity index (χ0v) is 15.4. The minimum absolute atomic E-state index is 0.0444. The minimum atomic E-state index is -1.19. The van der Waals surface area contributed by atoms with E-state index in [4.69, 9.17) is 16.7 Å². The maximum Gasteiger partial charge on any atom is 0.337 e. The molecular weight excluding hydrogens is 372 g/mol. The first-order chi connectivity index (χ1) is 12.6. The third kappa shape index (κ3) is 3.78. The number of nitrogens with one attached hydrogen (secondary N) is 2. The van der Waals surface area contributed by atoms with Crippen LogP contribution in [0.4, 0.5) is 5.69 Å². The van der Waals surface area contributed by atoms with Crippen LogP contribution in [0.5, 0.6) is 0 Å². The van der Waals surface area contributed by atoms with Crippen LogP contribution in [0, 0.1) is 5.41 Å². The Balaban J connectivity index is 1.91. The summed E-state index contributed by atoms with van der Waals surface area (Å²) in [6, 6.07) is 5.22. The summed E-state index contributed by atoms with van der Waals surface area (Å²) < 4.78 is 0. The van der Waals surface area contributed by atoms with E-state index in [-0.39, 0.29) is 33.0 Å². The fourth-order valence-corrected chi connectivity index (χ4v) is 3.42. The Kier molecular flexibility index (Phi) is 4.65. The number of anilines is 1. The summed E-state index contributed by atoms with van der Waals surface area (Å²) in [4.78, 5) is 50.8. The number of Topliss-reactive ketones (excluding diaryl/α,β-unsaturated/α-hetero) is 1. The molecule has 1 aromatic carbocycles. The lowest BCUT2D eigenvalue weighted by Gasteiger charge is -2.29. The molecule has 1 aromatic heterocycles. The highest BCUT2D eigenvalue weighted by atomic mass is 35.5. The molecule has 7 nitrogen and oxygen atoms in total. The molecule has 0 saturated heterocycles. The van der Waals surface area contributed by atoms with Crippen molar-refractivity contribution in [1.29, 1.82) is 0 Å². The number of aromatic amines is 1. The smallest absolute Gasteiger partial charge is 0.337 e. The number of aromatic nitrogens is 1. The van der Waals surface area contributed by atoms with Gasteiger partial charge in [-0.3, -0.25) is 14.4 Å². The predicted octanol–water partition coefficient (Wildman–Crippen LogP) is 3.13. The first-order valence-corrected chi connectivity index (χ1v) is 8.59. The zero-order chi connectivity index (χ0) is 19.9. The number of carbonyl (C=O) groups is 3. The van der Waals surface area contributed by atoms with Gasteiger partial charge in [-0.2, -0.15) is 0 Å². The predicted molar refractivity (Wildman–Crippen MR) is 99.9 cm³/mol. The summed E-state index contributed by atoms with van der Waals surface area (Å²) in [6.45, 7) is 3.88. The third-order valence-electron chi connectivity index (χ3n) is 4.42. The van der Waals surface area contributed by atoms with Gasteiger partial charge < -0.3 is 15.4 Å². The number of carboxylic acids is 1. The average Bonchev–Trinajstić information content (AvgIpc) is 2.52. The van der Waals surface area contributed by atoms with Crippen molar-refractivity contribution in [3.05, 3.63) is 62.0 Å². The van der Waals surface area contributed by atoms with Crippen LogP contribution in [0.2, 0.25) is 5.02 Å². The highest BCUT2D eigenvalue weighted by Crippen LogP contribution is 2.33. The number of carbonyl (C=O) groups excluding carboxylic acids is 2. The van der Waals surface area contributed by atoms with E-state index < -0.39 is 17.4 Å². The number of ketones is 1. The molecule has 0 saturated carbocycles. The zero-order valence-electron chi connectivity index (χ0n) is 14.7. The second-order valence-corrected chi connectivity index (χ2v) is 7.71. The molecule has 1 heterocycles. The topological polar surface area (TPSA) is 116 Å². The van der Waals surface area contributed by atoms with Gasteiger partial charge in [0.25, 0.3) is 11.5 Å². The number of hydrogen-bond acceptors (Lipinski definition) is 4. The molecule has 2 aromatic rings. The van der Waals surface area contributed by atoms with Crippen LogP contribution in [0.25, 0.3) is 0 Å². The molecule has 1 amide bonds. The molecule has 0 bridgehead atoms. The molecule has 3 rings (SSSR count). The van der Waals surface area contributed by atoms with Crippen molar-refractivity contribution in [3.63, 3.8) is 0 Å². The summed E-state index contributed by atoms with van der Waals surface area (Å²) >= 11 is 5.88. The number of halogens is 1. The molecule has 1 aliphatic rings. The molecule has 0 radical (unpaired) electrons. The fraction of sp³-hybridized carbons (Fsp3) is 0.263. The summed E-state index contributed by atoms with van der Waals surface area (Å²) in [5, 5.41) is 11.4. The number of fused-ring (bicyclic) bond motifs is 1.